The van der Waals surface area contributed by atoms with Gasteiger partial charge in [0.1, 0.15) is 5.69 Å². The van der Waals surface area contributed by atoms with Gasteiger partial charge in [0.25, 0.3) is 6.43 Å². The molecule has 3 nitrogen and oxygen atoms in total. The fourth-order valence-corrected chi connectivity index (χ4v) is 1.88. The van der Waals surface area contributed by atoms with E-state index in [1.54, 1.807) is 6.92 Å². The lowest BCUT2D eigenvalue weighted by Crippen LogP contribution is -2.11. The number of pyridine rings is 1. The van der Waals surface area contributed by atoms with Gasteiger partial charge in [-0.25, -0.2) is 18.6 Å². The van der Waals surface area contributed by atoms with E-state index in [9.17, 15) is 13.6 Å². The van der Waals surface area contributed by atoms with Crippen LogP contribution in [0.25, 0.3) is 0 Å². The maximum absolute atomic E-state index is 12.6. The number of ether oxygens (including phenoxy) is 1. The Morgan fingerprint density at radius 1 is 1.65 bits per heavy atom. The zero-order chi connectivity index (χ0) is 13.0. The van der Waals surface area contributed by atoms with E-state index in [2.05, 4.69) is 20.9 Å². The number of alkyl halides is 3. The monoisotopic (exact) mass is 327 g/mol. The minimum atomic E-state index is -2.73. The molecule has 7 heteroatoms. The highest BCUT2D eigenvalue weighted by Crippen LogP contribution is 2.28. The van der Waals surface area contributed by atoms with Gasteiger partial charge in [-0.2, -0.15) is 0 Å². The van der Waals surface area contributed by atoms with Crippen LogP contribution < -0.4 is 0 Å². The SMILES string of the molecule is CCOC(=O)c1cc(Br)c(C(F)F)nc1CCl. The minimum Gasteiger partial charge on any atom is -0.462 e. The Hall–Kier alpha value is -0.750. The summed E-state index contributed by atoms with van der Waals surface area (Å²) >= 11 is 8.51. The molecule has 1 aromatic heterocycles. The summed E-state index contributed by atoms with van der Waals surface area (Å²) in [4.78, 5) is 15.2. The van der Waals surface area contributed by atoms with Crippen molar-refractivity contribution < 1.29 is 18.3 Å². The number of hydrogen-bond acceptors (Lipinski definition) is 3. The summed E-state index contributed by atoms with van der Waals surface area (Å²) in [6.45, 7) is 1.84. The van der Waals surface area contributed by atoms with Crippen LogP contribution in [0.1, 0.15) is 35.1 Å². The second kappa shape index (κ2) is 6.26. The van der Waals surface area contributed by atoms with E-state index in [4.69, 9.17) is 16.3 Å². The Bertz CT molecular complexity index is 429. The molecule has 0 aliphatic heterocycles. The minimum absolute atomic E-state index is 0.0596. The Labute approximate surface area is 110 Å². The predicted octanol–water partition coefficient (Wildman–Crippen LogP) is 3.70. The number of hydrogen-bond donors (Lipinski definition) is 0. The van der Waals surface area contributed by atoms with E-state index in [-0.39, 0.29) is 28.2 Å². The Morgan fingerprint density at radius 2 is 2.29 bits per heavy atom. The summed E-state index contributed by atoms with van der Waals surface area (Å²) < 4.78 is 30.0. The first kappa shape index (κ1) is 14.3. The molecule has 0 aromatic carbocycles. The summed E-state index contributed by atoms with van der Waals surface area (Å²) in [6, 6.07) is 1.25. The third kappa shape index (κ3) is 3.35. The standard InChI is InChI=1S/C10H9BrClF2NO2/c1-2-17-10(16)5-3-6(11)8(9(13)14)15-7(5)4-12/h3,9H,2,4H2,1H3. The van der Waals surface area contributed by atoms with Crippen molar-refractivity contribution in [3.63, 3.8) is 0 Å². The molecular formula is C10H9BrClF2NO2. The maximum Gasteiger partial charge on any atom is 0.340 e. The van der Waals surface area contributed by atoms with Crippen LogP contribution in [0, 0.1) is 0 Å². The molecule has 0 unspecified atom stereocenters. The normalized spacial score (nSPS) is 10.7. The average Bonchev–Trinajstić information content (AvgIpc) is 2.28. The van der Waals surface area contributed by atoms with Crippen molar-refractivity contribution in [3.8, 4) is 0 Å². The summed E-state index contributed by atoms with van der Waals surface area (Å²) in [5, 5.41) is 0. The third-order valence-electron chi connectivity index (χ3n) is 1.91. The van der Waals surface area contributed by atoms with Crippen LogP contribution in [0.3, 0.4) is 0 Å². The molecule has 1 heterocycles. The molecular weight excluding hydrogens is 319 g/mol. The molecule has 0 bridgehead atoms. The highest BCUT2D eigenvalue weighted by Gasteiger charge is 2.21. The Kier molecular flexibility index (Phi) is 5.27. The lowest BCUT2D eigenvalue weighted by Gasteiger charge is -2.10. The number of rotatable bonds is 4. The number of aromatic nitrogens is 1. The lowest BCUT2D eigenvalue weighted by molar-refractivity contribution is 0.0524. The average molecular weight is 329 g/mol. The van der Waals surface area contributed by atoms with E-state index < -0.39 is 18.1 Å². The van der Waals surface area contributed by atoms with Crippen molar-refractivity contribution in [1.82, 2.24) is 4.98 Å². The second-order valence-electron chi connectivity index (χ2n) is 3.00. The Balaban J connectivity index is 3.23. The molecule has 0 fully saturated rings. The van der Waals surface area contributed by atoms with Gasteiger partial charge in [0.05, 0.1) is 23.7 Å². The molecule has 0 saturated heterocycles. The number of halogens is 4. The van der Waals surface area contributed by atoms with Crippen LogP contribution in [-0.2, 0) is 10.6 Å². The second-order valence-corrected chi connectivity index (χ2v) is 4.13. The molecule has 17 heavy (non-hydrogen) atoms. The topological polar surface area (TPSA) is 39.2 Å². The van der Waals surface area contributed by atoms with Crippen molar-refractivity contribution in [2.24, 2.45) is 0 Å². The number of carbonyl (C=O) groups is 1. The summed E-state index contributed by atoms with van der Waals surface area (Å²) in [6.07, 6.45) is -2.73. The highest BCUT2D eigenvalue weighted by molar-refractivity contribution is 9.10. The van der Waals surface area contributed by atoms with E-state index >= 15 is 0 Å². The molecule has 0 N–H and O–H groups in total. The Morgan fingerprint density at radius 3 is 2.76 bits per heavy atom. The van der Waals surface area contributed by atoms with Crippen molar-refractivity contribution in [2.75, 3.05) is 6.61 Å². The van der Waals surface area contributed by atoms with Gasteiger partial charge in [-0.1, -0.05) is 0 Å². The summed E-state index contributed by atoms with van der Waals surface area (Å²) in [7, 11) is 0. The van der Waals surface area contributed by atoms with Gasteiger partial charge in [-0.05, 0) is 28.9 Å². The molecule has 0 aliphatic rings. The van der Waals surface area contributed by atoms with Crippen LogP contribution in [-0.4, -0.2) is 17.6 Å². The first-order valence-corrected chi connectivity index (χ1v) is 6.04. The predicted molar refractivity (Wildman–Crippen MR) is 62.4 cm³/mol. The van der Waals surface area contributed by atoms with E-state index in [1.807, 2.05) is 0 Å². The number of esters is 1. The quantitative estimate of drug-likeness (QED) is 0.625. The van der Waals surface area contributed by atoms with Gasteiger partial charge >= 0.3 is 5.97 Å². The van der Waals surface area contributed by atoms with Gasteiger partial charge < -0.3 is 4.74 Å². The fourth-order valence-electron chi connectivity index (χ4n) is 1.18. The number of nitrogens with zero attached hydrogens (tertiary/aromatic N) is 1. The maximum atomic E-state index is 12.6. The molecule has 1 aromatic rings. The lowest BCUT2D eigenvalue weighted by atomic mass is 10.2. The van der Waals surface area contributed by atoms with E-state index in [1.165, 1.54) is 6.07 Å². The molecule has 94 valence electrons. The van der Waals surface area contributed by atoms with Crippen LogP contribution >= 0.6 is 27.5 Å². The molecule has 1 rings (SSSR count). The fraction of sp³-hybridized carbons (Fsp3) is 0.400. The van der Waals surface area contributed by atoms with Gasteiger partial charge in [0, 0.05) is 4.47 Å². The molecule has 0 radical (unpaired) electrons. The first-order valence-electron chi connectivity index (χ1n) is 4.71. The summed E-state index contributed by atoms with van der Waals surface area (Å²) in [5.74, 6) is -0.765. The van der Waals surface area contributed by atoms with Crippen molar-refractivity contribution in [3.05, 3.63) is 27.5 Å². The van der Waals surface area contributed by atoms with Crippen LogP contribution in [0.5, 0.6) is 0 Å². The van der Waals surface area contributed by atoms with Crippen LogP contribution in [0.4, 0.5) is 8.78 Å². The smallest absolute Gasteiger partial charge is 0.340 e. The van der Waals surface area contributed by atoms with Crippen molar-refractivity contribution in [2.45, 2.75) is 19.2 Å². The number of carbonyl (C=O) groups excluding carboxylic acids is 1. The zero-order valence-electron chi connectivity index (χ0n) is 8.84. The van der Waals surface area contributed by atoms with Crippen LogP contribution in [0.2, 0.25) is 0 Å². The van der Waals surface area contributed by atoms with E-state index in [0.717, 1.165) is 0 Å². The largest absolute Gasteiger partial charge is 0.462 e. The zero-order valence-corrected chi connectivity index (χ0v) is 11.2. The molecule has 0 aliphatic carbocycles. The van der Waals surface area contributed by atoms with Crippen molar-refractivity contribution >= 4 is 33.5 Å². The highest BCUT2D eigenvalue weighted by atomic mass is 79.9. The van der Waals surface area contributed by atoms with Crippen molar-refractivity contribution in [1.29, 1.82) is 0 Å². The summed E-state index contributed by atoms with van der Waals surface area (Å²) in [5.41, 5.74) is -0.254. The molecule has 0 amide bonds. The molecule has 0 saturated carbocycles. The van der Waals surface area contributed by atoms with Gasteiger partial charge in [0.15, 0.2) is 0 Å². The van der Waals surface area contributed by atoms with E-state index in [0.29, 0.717) is 0 Å². The van der Waals surface area contributed by atoms with Gasteiger partial charge in [-0.15, -0.1) is 11.6 Å². The molecule has 0 spiro atoms. The van der Waals surface area contributed by atoms with Gasteiger partial charge in [-0.3, -0.25) is 0 Å². The molecule has 0 atom stereocenters. The third-order valence-corrected chi connectivity index (χ3v) is 2.80. The van der Waals surface area contributed by atoms with Gasteiger partial charge in [0.2, 0.25) is 0 Å². The first-order chi connectivity index (χ1) is 8.01. The van der Waals surface area contributed by atoms with Crippen LogP contribution in [0.15, 0.2) is 10.5 Å².